The van der Waals surface area contributed by atoms with E-state index >= 15 is 0 Å². The van der Waals surface area contributed by atoms with Crippen molar-refractivity contribution in [3.05, 3.63) is 45.8 Å². The Hall–Kier alpha value is -1.18. The minimum Gasteiger partial charge on any atom is -0.434 e. The van der Waals surface area contributed by atoms with Gasteiger partial charge in [-0.3, -0.25) is 0 Å². The Morgan fingerprint density at radius 1 is 1.33 bits per heavy atom. The highest BCUT2D eigenvalue weighted by Crippen LogP contribution is 2.24. The monoisotopic (exact) mass is 382 g/mol. The van der Waals surface area contributed by atoms with Crippen molar-refractivity contribution in [1.82, 2.24) is 10.5 Å². The van der Waals surface area contributed by atoms with Crippen LogP contribution in [0, 0.1) is 6.92 Å². The first kappa shape index (κ1) is 17.9. The highest BCUT2D eigenvalue weighted by molar-refractivity contribution is 9.10. The molecule has 0 aliphatic rings. The molecule has 0 aliphatic carbocycles. The van der Waals surface area contributed by atoms with Crippen molar-refractivity contribution >= 4 is 28.3 Å². The lowest BCUT2D eigenvalue weighted by Gasteiger charge is -2.11. The van der Waals surface area contributed by atoms with E-state index in [1.165, 1.54) is 6.07 Å². The van der Waals surface area contributed by atoms with Gasteiger partial charge in [0, 0.05) is 29.2 Å². The van der Waals surface area contributed by atoms with Crippen LogP contribution < -0.4 is 10.1 Å². The summed E-state index contributed by atoms with van der Waals surface area (Å²) in [5, 5.41) is 6.94. The van der Waals surface area contributed by atoms with Crippen molar-refractivity contribution in [2.75, 3.05) is 0 Å². The van der Waals surface area contributed by atoms with E-state index in [1.807, 2.05) is 6.07 Å². The van der Waals surface area contributed by atoms with Gasteiger partial charge in [-0.2, -0.15) is 8.78 Å². The SMILES string of the molecule is Cc1cc(CNCc2cc(Br)ccc2OC(F)F)no1.Cl. The minimum absolute atomic E-state index is 0. The molecule has 0 aliphatic heterocycles. The van der Waals surface area contributed by atoms with Crippen LogP contribution in [0.3, 0.4) is 0 Å². The van der Waals surface area contributed by atoms with Crippen molar-refractivity contribution in [2.24, 2.45) is 0 Å². The summed E-state index contributed by atoms with van der Waals surface area (Å²) in [5.74, 6) is 0.887. The van der Waals surface area contributed by atoms with Crippen LogP contribution in [0.5, 0.6) is 5.75 Å². The highest BCUT2D eigenvalue weighted by atomic mass is 79.9. The first-order valence-electron chi connectivity index (χ1n) is 5.91. The van der Waals surface area contributed by atoms with Crippen molar-refractivity contribution in [1.29, 1.82) is 0 Å². The third-order valence-corrected chi connectivity index (χ3v) is 3.03. The molecular formula is C13H14BrClF2N2O2. The number of alkyl halides is 2. The number of aromatic nitrogens is 1. The Bertz CT molecular complexity index is 581. The topological polar surface area (TPSA) is 47.3 Å². The van der Waals surface area contributed by atoms with E-state index in [-0.39, 0.29) is 18.2 Å². The fourth-order valence-electron chi connectivity index (χ4n) is 1.72. The summed E-state index contributed by atoms with van der Waals surface area (Å²) < 4.78 is 34.8. The van der Waals surface area contributed by atoms with Crippen LogP contribution in [0.15, 0.2) is 33.3 Å². The molecule has 0 unspecified atom stereocenters. The van der Waals surface area contributed by atoms with Gasteiger partial charge in [0.15, 0.2) is 0 Å². The predicted octanol–water partition coefficient (Wildman–Crippen LogP) is 4.06. The van der Waals surface area contributed by atoms with Gasteiger partial charge in [-0.25, -0.2) is 0 Å². The van der Waals surface area contributed by atoms with E-state index in [0.29, 0.717) is 18.7 Å². The predicted molar refractivity (Wildman–Crippen MR) is 79.8 cm³/mol. The van der Waals surface area contributed by atoms with Gasteiger partial charge in [0.05, 0.1) is 5.69 Å². The summed E-state index contributed by atoms with van der Waals surface area (Å²) in [6, 6.07) is 6.71. The number of benzene rings is 1. The number of nitrogens with zero attached hydrogens (tertiary/aromatic N) is 1. The molecule has 2 rings (SSSR count). The lowest BCUT2D eigenvalue weighted by molar-refractivity contribution is -0.0505. The number of aryl methyl sites for hydroxylation is 1. The molecule has 4 nitrogen and oxygen atoms in total. The zero-order valence-corrected chi connectivity index (χ0v) is 13.5. The summed E-state index contributed by atoms with van der Waals surface area (Å²) in [6.07, 6.45) is 0. The first-order valence-corrected chi connectivity index (χ1v) is 6.70. The van der Waals surface area contributed by atoms with Gasteiger partial charge in [-0.15, -0.1) is 12.4 Å². The third kappa shape index (κ3) is 5.61. The van der Waals surface area contributed by atoms with Crippen LogP contribution in [0.4, 0.5) is 8.78 Å². The fraction of sp³-hybridized carbons (Fsp3) is 0.308. The molecule has 0 radical (unpaired) electrons. The summed E-state index contributed by atoms with van der Waals surface area (Å²) in [6.45, 7) is -0.168. The van der Waals surface area contributed by atoms with Crippen molar-refractivity contribution in [3.63, 3.8) is 0 Å². The van der Waals surface area contributed by atoms with E-state index in [1.54, 1.807) is 19.1 Å². The Morgan fingerprint density at radius 2 is 2.10 bits per heavy atom. The van der Waals surface area contributed by atoms with Crippen LogP contribution in [-0.4, -0.2) is 11.8 Å². The number of ether oxygens (including phenoxy) is 1. The number of nitrogens with one attached hydrogen (secondary N) is 1. The largest absolute Gasteiger partial charge is 0.434 e. The second-order valence-electron chi connectivity index (χ2n) is 4.16. The van der Waals surface area contributed by atoms with Gasteiger partial charge in [-0.05, 0) is 25.1 Å². The van der Waals surface area contributed by atoms with Crippen LogP contribution in [0.2, 0.25) is 0 Å². The average Bonchev–Trinajstić information content (AvgIpc) is 2.78. The zero-order valence-electron chi connectivity index (χ0n) is 11.1. The van der Waals surface area contributed by atoms with Gasteiger partial charge in [0.2, 0.25) is 0 Å². The molecule has 8 heteroatoms. The molecule has 0 atom stereocenters. The Labute approximate surface area is 135 Å². The lowest BCUT2D eigenvalue weighted by atomic mass is 10.2. The molecule has 1 heterocycles. The van der Waals surface area contributed by atoms with E-state index in [0.717, 1.165) is 15.9 Å². The van der Waals surface area contributed by atoms with Crippen LogP contribution in [0.1, 0.15) is 17.0 Å². The standard InChI is InChI=1S/C13H13BrF2N2O2.ClH/c1-8-4-11(18-20-8)7-17-6-9-5-10(14)2-3-12(9)19-13(15)16;/h2-5,13,17H,6-7H2,1H3;1H. The summed E-state index contributed by atoms with van der Waals surface area (Å²) >= 11 is 3.30. The molecule has 116 valence electrons. The van der Waals surface area contributed by atoms with Crippen LogP contribution >= 0.6 is 28.3 Å². The number of hydrogen-bond acceptors (Lipinski definition) is 4. The van der Waals surface area contributed by atoms with Crippen molar-refractivity contribution in [2.45, 2.75) is 26.6 Å². The van der Waals surface area contributed by atoms with Gasteiger partial charge < -0.3 is 14.6 Å². The molecule has 2 aromatic rings. The maximum absolute atomic E-state index is 12.3. The number of halogens is 4. The first-order chi connectivity index (χ1) is 9.54. The maximum atomic E-state index is 12.3. The maximum Gasteiger partial charge on any atom is 0.387 e. The highest BCUT2D eigenvalue weighted by Gasteiger charge is 2.10. The Morgan fingerprint density at radius 3 is 2.71 bits per heavy atom. The molecule has 0 fully saturated rings. The summed E-state index contributed by atoms with van der Waals surface area (Å²) in [4.78, 5) is 0. The fourth-order valence-corrected chi connectivity index (χ4v) is 2.13. The normalized spacial score (nSPS) is 10.5. The minimum atomic E-state index is -2.84. The number of rotatable bonds is 6. The molecule has 0 saturated carbocycles. The van der Waals surface area contributed by atoms with Gasteiger partial charge in [-0.1, -0.05) is 21.1 Å². The van der Waals surface area contributed by atoms with Crippen molar-refractivity contribution in [3.8, 4) is 5.75 Å². The smallest absolute Gasteiger partial charge is 0.387 e. The second kappa shape index (κ2) is 8.31. The molecule has 0 bridgehead atoms. The van der Waals surface area contributed by atoms with Crippen molar-refractivity contribution < 1.29 is 18.0 Å². The van der Waals surface area contributed by atoms with Crippen LogP contribution in [0.25, 0.3) is 0 Å². The van der Waals surface area contributed by atoms with Crippen LogP contribution in [-0.2, 0) is 13.1 Å². The van der Waals surface area contributed by atoms with E-state index in [4.69, 9.17) is 4.52 Å². The van der Waals surface area contributed by atoms with E-state index in [2.05, 4.69) is 31.1 Å². The second-order valence-corrected chi connectivity index (χ2v) is 5.08. The van der Waals surface area contributed by atoms with E-state index in [9.17, 15) is 8.78 Å². The van der Waals surface area contributed by atoms with Gasteiger partial charge in [0.1, 0.15) is 11.5 Å². The Balaban J connectivity index is 0.00000220. The summed E-state index contributed by atoms with van der Waals surface area (Å²) in [5.41, 5.74) is 1.40. The Kier molecular flexibility index (Phi) is 7.07. The molecule has 21 heavy (non-hydrogen) atoms. The molecular weight excluding hydrogens is 370 g/mol. The average molecular weight is 384 g/mol. The third-order valence-electron chi connectivity index (χ3n) is 2.54. The van der Waals surface area contributed by atoms with E-state index < -0.39 is 6.61 Å². The van der Waals surface area contributed by atoms with Gasteiger partial charge in [0.25, 0.3) is 0 Å². The quantitative estimate of drug-likeness (QED) is 0.817. The molecule has 1 N–H and O–H groups in total. The lowest BCUT2D eigenvalue weighted by Crippen LogP contribution is -2.14. The molecule has 0 saturated heterocycles. The number of hydrogen-bond donors (Lipinski definition) is 1. The molecule has 1 aromatic heterocycles. The van der Waals surface area contributed by atoms with Gasteiger partial charge >= 0.3 is 6.61 Å². The molecule has 0 spiro atoms. The summed E-state index contributed by atoms with van der Waals surface area (Å²) in [7, 11) is 0. The molecule has 1 aromatic carbocycles. The molecule has 0 amide bonds. The zero-order chi connectivity index (χ0) is 14.5.